The van der Waals surface area contributed by atoms with Gasteiger partial charge in [0.2, 0.25) is 5.91 Å². The van der Waals surface area contributed by atoms with Crippen molar-refractivity contribution in [1.29, 1.82) is 0 Å². The van der Waals surface area contributed by atoms with E-state index in [2.05, 4.69) is 15.6 Å². The van der Waals surface area contributed by atoms with Crippen molar-refractivity contribution in [3.05, 3.63) is 66.0 Å². The van der Waals surface area contributed by atoms with Crippen molar-refractivity contribution >= 4 is 17.8 Å². The summed E-state index contributed by atoms with van der Waals surface area (Å²) >= 11 is 0. The number of pyridine rings is 1. The van der Waals surface area contributed by atoms with Gasteiger partial charge in [0.15, 0.2) is 0 Å². The Bertz CT molecular complexity index is 810. The van der Waals surface area contributed by atoms with Gasteiger partial charge in [-0.3, -0.25) is 19.5 Å². The molecule has 2 N–H and O–H groups in total. The van der Waals surface area contributed by atoms with E-state index in [0.29, 0.717) is 6.54 Å². The molecule has 4 amide bonds. The van der Waals surface area contributed by atoms with Crippen LogP contribution in [-0.2, 0) is 16.1 Å². The predicted molar refractivity (Wildman–Crippen MR) is 99.3 cm³/mol. The van der Waals surface area contributed by atoms with Crippen molar-refractivity contribution < 1.29 is 14.4 Å². The van der Waals surface area contributed by atoms with Gasteiger partial charge in [0.1, 0.15) is 6.04 Å². The van der Waals surface area contributed by atoms with Crippen LogP contribution >= 0.6 is 0 Å². The molecule has 0 unspecified atom stereocenters. The van der Waals surface area contributed by atoms with Gasteiger partial charge in [0.05, 0.1) is 6.04 Å². The first kappa shape index (κ1) is 18.6. The molecule has 1 aromatic carbocycles. The van der Waals surface area contributed by atoms with Crippen molar-refractivity contribution in [2.75, 3.05) is 0 Å². The van der Waals surface area contributed by atoms with Crippen LogP contribution in [0, 0.1) is 0 Å². The molecule has 2 atom stereocenters. The number of rotatable bonds is 7. The van der Waals surface area contributed by atoms with E-state index >= 15 is 0 Å². The summed E-state index contributed by atoms with van der Waals surface area (Å²) in [5, 5.41) is 5.47. The highest BCUT2D eigenvalue weighted by Gasteiger charge is 2.40. The van der Waals surface area contributed by atoms with Gasteiger partial charge in [0, 0.05) is 25.4 Å². The number of hydrogen-bond donors (Lipinski definition) is 2. The first-order chi connectivity index (χ1) is 13.1. The Morgan fingerprint density at radius 3 is 2.70 bits per heavy atom. The Hall–Kier alpha value is -3.22. The number of nitrogens with one attached hydrogen (secondary N) is 2. The summed E-state index contributed by atoms with van der Waals surface area (Å²) in [4.78, 5) is 42.1. The number of benzene rings is 1. The fraction of sp³-hybridized carbons (Fsp3) is 0.300. The highest BCUT2D eigenvalue weighted by Crippen LogP contribution is 2.25. The Morgan fingerprint density at radius 2 is 2.00 bits per heavy atom. The fourth-order valence-corrected chi connectivity index (χ4v) is 3.06. The van der Waals surface area contributed by atoms with E-state index in [-0.39, 0.29) is 30.7 Å². The molecule has 0 bridgehead atoms. The molecule has 0 spiro atoms. The molecule has 2 aromatic rings. The summed E-state index contributed by atoms with van der Waals surface area (Å²) in [6, 6.07) is 11.6. The number of nitrogens with zero attached hydrogens (tertiary/aromatic N) is 2. The summed E-state index contributed by atoms with van der Waals surface area (Å²) in [5.41, 5.74) is 1.79. The molecule has 1 saturated heterocycles. The number of amides is 4. The van der Waals surface area contributed by atoms with Crippen molar-refractivity contribution in [1.82, 2.24) is 20.5 Å². The normalized spacial score (nSPS) is 17.5. The zero-order valence-electron chi connectivity index (χ0n) is 15.1. The average Bonchev–Trinajstić information content (AvgIpc) is 2.99. The second-order valence-corrected chi connectivity index (χ2v) is 6.47. The van der Waals surface area contributed by atoms with Gasteiger partial charge in [-0.15, -0.1) is 0 Å². The first-order valence-electron chi connectivity index (χ1n) is 8.90. The lowest BCUT2D eigenvalue weighted by Crippen LogP contribution is -2.34. The smallest absolute Gasteiger partial charge is 0.325 e. The van der Waals surface area contributed by atoms with E-state index in [1.54, 1.807) is 18.5 Å². The average molecular weight is 366 g/mol. The van der Waals surface area contributed by atoms with Crippen LogP contribution in [0.3, 0.4) is 0 Å². The maximum absolute atomic E-state index is 12.6. The third kappa shape index (κ3) is 4.49. The van der Waals surface area contributed by atoms with Gasteiger partial charge in [-0.2, -0.15) is 0 Å². The predicted octanol–water partition coefficient (Wildman–Crippen LogP) is 2.16. The highest BCUT2D eigenvalue weighted by molar-refractivity contribution is 6.04. The number of carbonyl (C=O) groups excluding carboxylic acids is 3. The fourth-order valence-electron chi connectivity index (χ4n) is 3.06. The molecule has 0 aliphatic carbocycles. The second kappa shape index (κ2) is 8.44. The van der Waals surface area contributed by atoms with Gasteiger partial charge < -0.3 is 10.6 Å². The molecule has 7 heteroatoms. The minimum atomic E-state index is -0.673. The Morgan fingerprint density at radius 1 is 1.22 bits per heavy atom. The molecule has 27 heavy (non-hydrogen) atoms. The zero-order chi connectivity index (χ0) is 19.2. The SMILES string of the molecule is C[C@@H](c1ccccc1)N1C(=O)N[C@@H](CCC(=O)NCc2cccnc2)C1=O. The molecule has 1 fully saturated rings. The van der Waals surface area contributed by atoms with Crippen LogP contribution in [0.1, 0.15) is 36.9 Å². The maximum Gasteiger partial charge on any atom is 0.325 e. The van der Waals surface area contributed by atoms with E-state index in [4.69, 9.17) is 0 Å². The van der Waals surface area contributed by atoms with Crippen LogP contribution in [0.15, 0.2) is 54.9 Å². The molecule has 140 valence electrons. The lowest BCUT2D eigenvalue weighted by Gasteiger charge is -2.21. The number of hydrogen-bond acceptors (Lipinski definition) is 4. The zero-order valence-corrected chi connectivity index (χ0v) is 15.1. The third-order valence-electron chi connectivity index (χ3n) is 4.59. The van der Waals surface area contributed by atoms with Crippen LogP contribution in [0.25, 0.3) is 0 Å². The molecule has 0 radical (unpaired) electrons. The van der Waals surface area contributed by atoms with E-state index in [0.717, 1.165) is 11.1 Å². The summed E-state index contributed by atoms with van der Waals surface area (Å²) in [6.07, 6.45) is 3.78. The summed E-state index contributed by atoms with van der Waals surface area (Å²) in [7, 11) is 0. The van der Waals surface area contributed by atoms with E-state index in [1.165, 1.54) is 4.90 Å². The summed E-state index contributed by atoms with van der Waals surface area (Å²) in [6.45, 7) is 2.20. The Labute approximate surface area is 157 Å². The van der Waals surface area contributed by atoms with Crippen molar-refractivity contribution in [2.45, 2.75) is 38.4 Å². The second-order valence-electron chi connectivity index (χ2n) is 6.47. The van der Waals surface area contributed by atoms with Crippen molar-refractivity contribution in [3.8, 4) is 0 Å². The van der Waals surface area contributed by atoms with E-state index in [1.807, 2.05) is 43.3 Å². The number of imide groups is 1. The summed E-state index contributed by atoms with van der Waals surface area (Å²) < 4.78 is 0. The van der Waals surface area contributed by atoms with Crippen LogP contribution in [-0.4, -0.2) is 33.8 Å². The van der Waals surface area contributed by atoms with Crippen molar-refractivity contribution in [2.24, 2.45) is 0 Å². The van der Waals surface area contributed by atoms with Crippen LogP contribution < -0.4 is 10.6 Å². The number of aromatic nitrogens is 1. The molecular weight excluding hydrogens is 344 g/mol. The van der Waals surface area contributed by atoms with Gasteiger partial charge in [-0.25, -0.2) is 4.79 Å². The van der Waals surface area contributed by atoms with Gasteiger partial charge >= 0.3 is 6.03 Å². The number of carbonyl (C=O) groups is 3. The maximum atomic E-state index is 12.6. The largest absolute Gasteiger partial charge is 0.352 e. The topological polar surface area (TPSA) is 91.4 Å². The molecule has 1 aliphatic rings. The van der Waals surface area contributed by atoms with Crippen LogP contribution in [0.5, 0.6) is 0 Å². The monoisotopic (exact) mass is 366 g/mol. The first-order valence-corrected chi connectivity index (χ1v) is 8.90. The quantitative estimate of drug-likeness (QED) is 0.735. The lowest BCUT2D eigenvalue weighted by molar-refractivity contribution is -0.129. The van der Waals surface area contributed by atoms with Gasteiger partial charge in [-0.05, 0) is 30.5 Å². The lowest BCUT2D eigenvalue weighted by atomic mass is 10.1. The minimum Gasteiger partial charge on any atom is -0.352 e. The standard InChI is InChI=1S/C20H22N4O3/c1-14(16-7-3-2-4-8-16)24-19(26)17(23-20(24)27)9-10-18(25)22-13-15-6-5-11-21-12-15/h2-8,11-12,14,17H,9-10,13H2,1H3,(H,22,25)(H,23,27)/t14-,17-/m0/s1. The molecule has 2 heterocycles. The minimum absolute atomic E-state index is 0.157. The van der Waals surface area contributed by atoms with Crippen LogP contribution in [0.4, 0.5) is 4.79 Å². The van der Waals surface area contributed by atoms with Crippen molar-refractivity contribution in [3.63, 3.8) is 0 Å². The number of urea groups is 1. The Balaban J connectivity index is 1.52. The summed E-state index contributed by atoms with van der Waals surface area (Å²) in [5.74, 6) is -0.466. The third-order valence-corrected chi connectivity index (χ3v) is 4.59. The van der Waals surface area contributed by atoms with E-state index < -0.39 is 12.1 Å². The Kier molecular flexibility index (Phi) is 5.80. The molecule has 1 aliphatic heterocycles. The van der Waals surface area contributed by atoms with Gasteiger partial charge in [0.25, 0.3) is 5.91 Å². The molecular formula is C20H22N4O3. The molecule has 1 aromatic heterocycles. The highest BCUT2D eigenvalue weighted by atomic mass is 16.2. The van der Waals surface area contributed by atoms with Gasteiger partial charge in [-0.1, -0.05) is 36.4 Å². The van der Waals surface area contributed by atoms with Crippen LogP contribution in [0.2, 0.25) is 0 Å². The van der Waals surface area contributed by atoms with E-state index in [9.17, 15) is 14.4 Å². The molecule has 7 nitrogen and oxygen atoms in total. The molecule has 0 saturated carbocycles. The molecule has 3 rings (SSSR count).